The molecule has 9 heteroatoms. The summed E-state index contributed by atoms with van der Waals surface area (Å²) in [6.45, 7) is 7.77. The fraction of sp³-hybridized carbons (Fsp3) is 0.579. The van der Waals surface area contributed by atoms with Gasteiger partial charge in [-0.05, 0) is 19.4 Å². The van der Waals surface area contributed by atoms with Crippen LogP contribution in [-0.4, -0.2) is 69.5 Å². The van der Waals surface area contributed by atoms with Crippen LogP contribution < -0.4 is 15.4 Å². The molecule has 1 aliphatic rings. The lowest BCUT2D eigenvalue weighted by Crippen LogP contribution is -2.57. The molecule has 1 aromatic carbocycles. The van der Waals surface area contributed by atoms with Gasteiger partial charge in [-0.1, -0.05) is 18.5 Å². The lowest BCUT2D eigenvalue weighted by atomic mass is 9.95. The average molecular weight is 414 g/mol. The van der Waals surface area contributed by atoms with Crippen LogP contribution >= 0.6 is 11.6 Å². The van der Waals surface area contributed by atoms with Crippen molar-refractivity contribution in [3.8, 4) is 5.75 Å². The number of carbonyl (C=O) groups excluding carboxylic acids is 2. The topological polar surface area (TPSA) is 89.1 Å². The van der Waals surface area contributed by atoms with Gasteiger partial charge in [0.05, 0.1) is 38.1 Å². The van der Waals surface area contributed by atoms with E-state index in [0.717, 1.165) is 19.5 Å². The Hall–Kier alpha value is -2.03. The smallest absolute Gasteiger partial charge is 0.341 e. The van der Waals surface area contributed by atoms with E-state index < -0.39 is 5.97 Å². The van der Waals surface area contributed by atoms with Gasteiger partial charge < -0.3 is 24.8 Å². The van der Waals surface area contributed by atoms with Crippen LogP contribution in [0.2, 0.25) is 5.02 Å². The number of benzene rings is 1. The predicted octanol–water partition coefficient (Wildman–Crippen LogP) is 2.76. The van der Waals surface area contributed by atoms with Crippen molar-refractivity contribution in [2.75, 3.05) is 52.4 Å². The van der Waals surface area contributed by atoms with E-state index in [4.69, 9.17) is 25.8 Å². The Morgan fingerprint density at radius 3 is 2.54 bits per heavy atom. The van der Waals surface area contributed by atoms with E-state index >= 15 is 0 Å². The molecular weight excluding hydrogens is 386 g/mol. The normalized spacial score (nSPS) is 16.8. The SMILES string of the molecule is CCC(C)(CNC(=O)Nc1cc(OC)c(C(=O)OC)cc1Cl)N1CCOCC1. The van der Waals surface area contributed by atoms with Gasteiger partial charge in [-0.25, -0.2) is 9.59 Å². The van der Waals surface area contributed by atoms with Gasteiger partial charge in [0, 0.05) is 31.2 Å². The number of carbonyl (C=O) groups is 2. The summed E-state index contributed by atoms with van der Waals surface area (Å²) in [6, 6.07) is 2.52. The Morgan fingerprint density at radius 1 is 1.29 bits per heavy atom. The van der Waals surface area contributed by atoms with Crippen LogP contribution in [0.5, 0.6) is 5.75 Å². The molecule has 28 heavy (non-hydrogen) atoms. The van der Waals surface area contributed by atoms with Gasteiger partial charge in [0.1, 0.15) is 11.3 Å². The zero-order chi connectivity index (χ0) is 20.7. The summed E-state index contributed by atoms with van der Waals surface area (Å²) in [5, 5.41) is 5.83. The van der Waals surface area contributed by atoms with Crippen molar-refractivity contribution >= 4 is 29.3 Å². The molecular formula is C19H28ClN3O5. The number of urea groups is 1. The minimum absolute atomic E-state index is 0.169. The molecule has 2 N–H and O–H groups in total. The molecule has 2 rings (SSSR count). The number of halogens is 1. The number of ether oxygens (including phenoxy) is 3. The van der Waals surface area contributed by atoms with Gasteiger partial charge in [0.2, 0.25) is 0 Å². The molecule has 1 saturated heterocycles. The molecule has 0 bridgehead atoms. The zero-order valence-corrected chi connectivity index (χ0v) is 17.5. The fourth-order valence-corrected chi connectivity index (χ4v) is 3.30. The van der Waals surface area contributed by atoms with Crippen molar-refractivity contribution in [3.05, 3.63) is 22.7 Å². The second-order valence-corrected chi connectivity index (χ2v) is 7.19. The van der Waals surface area contributed by atoms with E-state index in [2.05, 4.69) is 29.4 Å². The van der Waals surface area contributed by atoms with Gasteiger partial charge in [0.25, 0.3) is 0 Å². The predicted molar refractivity (Wildman–Crippen MR) is 107 cm³/mol. The summed E-state index contributed by atoms with van der Waals surface area (Å²) in [4.78, 5) is 26.6. The Morgan fingerprint density at radius 2 is 1.96 bits per heavy atom. The van der Waals surface area contributed by atoms with Gasteiger partial charge in [-0.2, -0.15) is 0 Å². The second-order valence-electron chi connectivity index (χ2n) is 6.78. The first-order chi connectivity index (χ1) is 13.3. The molecule has 8 nitrogen and oxygen atoms in total. The van der Waals surface area contributed by atoms with Crippen molar-refractivity contribution < 1.29 is 23.8 Å². The molecule has 0 aromatic heterocycles. The molecule has 0 aliphatic carbocycles. The van der Waals surface area contributed by atoms with Crippen molar-refractivity contribution in [2.45, 2.75) is 25.8 Å². The molecule has 2 amide bonds. The Labute approximate surface area is 170 Å². The highest BCUT2D eigenvalue weighted by Crippen LogP contribution is 2.31. The Kier molecular flexibility index (Phi) is 7.91. The number of morpholine rings is 1. The van der Waals surface area contributed by atoms with Crippen LogP contribution in [0.25, 0.3) is 0 Å². The largest absolute Gasteiger partial charge is 0.496 e. The zero-order valence-electron chi connectivity index (χ0n) is 16.8. The second kappa shape index (κ2) is 9.95. The van der Waals surface area contributed by atoms with Crippen LogP contribution in [0.3, 0.4) is 0 Å². The monoisotopic (exact) mass is 413 g/mol. The third kappa shape index (κ3) is 5.27. The van der Waals surface area contributed by atoms with Gasteiger partial charge in [0.15, 0.2) is 0 Å². The maximum Gasteiger partial charge on any atom is 0.341 e. The molecule has 1 unspecified atom stereocenters. The summed E-state index contributed by atoms with van der Waals surface area (Å²) < 4.78 is 15.3. The van der Waals surface area contributed by atoms with E-state index in [9.17, 15) is 9.59 Å². The van der Waals surface area contributed by atoms with Crippen molar-refractivity contribution in [1.82, 2.24) is 10.2 Å². The highest BCUT2D eigenvalue weighted by molar-refractivity contribution is 6.34. The Balaban J connectivity index is 2.05. The number of anilines is 1. The average Bonchev–Trinajstić information content (AvgIpc) is 2.73. The molecule has 0 saturated carbocycles. The molecule has 1 fully saturated rings. The van der Waals surface area contributed by atoms with Crippen LogP contribution in [0.4, 0.5) is 10.5 Å². The van der Waals surface area contributed by atoms with Gasteiger partial charge >= 0.3 is 12.0 Å². The quantitative estimate of drug-likeness (QED) is 0.668. The number of nitrogens with one attached hydrogen (secondary N) is 2. The first-order valence-electron chi connectivity index (χ1n) is 9.18. The van der Waals surface area contributed by atoms with E-state index in [1.165, 1.54) is 26.4 Å². The summed E-state index contributed by atoms with van der Waals surface area (Å²) in [6.07, 6.45) is 0.885. The lowest BCUT2D eigenvalue weighted by Gasteiger charge is -2.43. The highest BCUT2D eigenvalue weighted by atomic mass is 35.5. The Bertz CT molecular complexity index is 709. The highest BCUT2D eigenvalue weighted by Gasteiger charge is 2.31. The standard InChI is InChI=1S/C19H28ClN3O5/c1-5-19(2,23-6-8-28-9-7-23)12-21-18(25)22-15-11-16(26-3)13(10-14(15)20)17(24)27-4/h10-11H,5-9,12H2,1-4H3,(H2,21,22,25). The number of methoxy groups -OCH3 is 2. The number of hydrogen-bond acceptors (Lipinski definition) is 6. The lowest BCUT2D eigenvalue weighted by molar-refractivity contribution is -0.0163. The maximum atomic E-state index is 12.4. The molecule has 0 radical (unpaired) electrons. The molecule has 0 spiro atoms. The van der Waals surface area contributed by atoms with Crippen LogP contribution in [0.1, 0.15) is 30.6 Å². The van der Waals surface area contributed by atoms with E-state index in [-0.39, 0.29) is 27.9 Å². The molecule has 1 aromatic rings. The van der Waals surface area contributed by atoms with Crippen LogP contribution in [-0.2, 0) is 9.47 Å². The molecule has 156 valence electrons. The van der Waals surface area contributed by atoms with E-state index in [1.54, 1.807) is 0 Å². The summed E-state index contributed by atoms with van der Waals surface area (Å²) in [7, 11) is 2.70. The molecule has 1 aliphatic heterocycles. The summed E-state index contributed by atoms with van der Waals surface area (Å²) >= 11 is 6.21. The third-order valence-corrected chi connectivity index (χ3v) is 5.42. The third-order valence-electron chi connectivity index (χ3n) is 5.11. The number of rotatable bonds is 7. The number of amides is 2. The fourth-order valence-electron chi connectivity index (χ4n) is 3.09. The van der Waals surface area contributed by atoms with Crippen LogP contribution in [0.15, 0.2) is 12.1 Å². The van der Waals surface area contributed by atoms with E-state index in [0.29, 0.717) is 25.4 Å². The first kappa shape index (κ1) is 22.3. The van der Waals surface area contributed by atoms with Crippen molar-refractivity contribution in [2.24, 2.45) is 0 Å². The van der Waals surface area contributed by atoms with Crippen molar-refractivity contribution in [3.63, 3.8) is 0 Å². The van der Waals surface area contributed by atoms with Crippen molar-refractivity contribution in [1.29, 1.82) is 0 Å². The summed E-state index contributed by atoms with van der Waals surface area (Å²) in [5.74, 6) is -0.308. The van der Waals surface area contributed by atoms with Crippen LogP contribution in [0, 0.1) is 0 Å². The minimum Gasteiger partial charge on any atom is -0.496 e. The number of nitrogens with zero attached hydrogens (tertiary/aromatic N) is 1. The minimum atomic E-state index is -0.570. The van der Waals surface area contributed by atoms with E-state index in [1.807, 2.05) is 0 Å². The molecule has 1 heterocycles. The number of esters is 1. The number of hydrogen-bond donors (Lipinski definition) is 2. The summed E-state index contributed by atoms with van der Waals surface area (Å²) in [5.41, 5.74) is 0.359. The maximum absolute atomic E-state index is 12.4. The van der Waals surface area contributed by atoms with Gasteiger partial charge in [-0.3, -0.25) is 4.90 Å². The molecule has 1 atom stereocenters. The van der Waals surface area contributed by atoms with Gasteiger partial charge in [-0.15, -0.1) is 0 Å². The first-order valence-corrected chi connectivity index (χ1v) is 9.56.